The predicted octanol–water partition coefficient (Wildman–Crippen LogP) is 4.08. The van der Waals surface area contributed by atoms with Crippen molar-refractivity contribution in [1.29, 1.82) is 0 Å². The van der Waals surface area contributed by atoms with Crippen molar-refractivity contribution in [2.24, 2.45) is 0 Å². The smallest absolute Gasteiger partial charge is 0.137 e. The minimum absolute atomic E-state index is 0.393. The molecule has 0 aliphatic rings. The molecule has 18 heavy (non-hydrogen) atoms. The van der Waals surface area contributed by atoms with E-state index in [1.54, 1.807) is 6.20 Å². The maximum atomic E-state index is 10.1. The fourth-order valence-electron chi connectivity index (χ4n) is 2.31. The molecular weight excluding hydrogens is 224 g/mol. The highest BCUT2D eigenvalue weighted by Crippen LogP contribution is 2.19. The molecule has 0 saturated heterocycles. The maximum absolute atomic E-state index is 10.1. The van der Waals surface area contributed by atoms with Crippen molar-refractivity contribution in [2.75, 3.05) is 0 Å². The Labute approximate surface area is 111 Å². The lowest BCUT2D eigenvalue weighted by atomic mass is 10.1. The van der Waals surface area contributed by atoms with Crippen molar-refractivity contribution < 1.29 is 5.11 Å². The molecule has 0 radical (unpaired) electrons. The summed E-state index contributed by atoms with van der Waals surface area (Å²) in [4.78, 5) is 4.24. The fraction of sp³-hybridized carbons (Fsp3) is 0.800. The van der Waals surface area contributed by atoms with E-state index in [-0.39, 0.29) is 0 Å². The van der Waals surface area contributed by atoms with Gasteiger partial charge in [-0.25, -0.2) is 4.98 Å². The molecule has 1 unspecified atom stereocenters. The minimum Gasteiger partial charge on any atom is -0.385 e. The molecule has 3 heteroatoms. The Bertz CT molecular complexity index is 309. The minimum atomic E-state index is -0.393. The summed E-state index contributed by atoms with van der Waals surface area (Å²) in [5.41, 5.74) is 0. The van der Waals surface area contributed by atoms with Gasteiger partial charge in [0.05, 0.1) is 0 Å². The van der Waals surface area contributed by atoms with E-state index in [2.05, 4.69) is 18.8 Å². The second kappa shape index (κ2) is 9.15. The molecule has 0 bridgehead atoms. The van der Waals surface area contributed by atoms with Gasteiger partial charge >= 0.3 is 0 Å². The number of unbranched alkanes of at least 4 members (excludes halogenated alkanes) is 6. The standard InChI is InChI=1S/C15H28N2O/c1-3-5-6-7-8-9-10-11-14(18)15-16-12-13-17(15)4-2/h12-14,18H,3-11H2,1-2H3. The second-order valence-corrected chi connectivity index (χ2v) is 5.00. The zero-order valence-corrected chi connectivity index (χ0v) is 11.9. The van der Waals surface area contributed by atoms with Gasteiger partial charge in [-0.2, -0.15) is 0 Å². The molecule has 0 aromatic carbocycles. The quantitative estimate of drug-likeness (QED) is 0.637. The molecule has 1 aromatic heterocycles. The number of imidazole rings is 1. The first-order chi connectivity index (χ1) is 8.79. The van der Waals surface area contributed by atoms with E-state index in [4.69, 9.17) is 0 Å². The molecule has 1 N–H and O–H groups in total. The van der Waals surface area contributed by atoms with E-state index in [1.165, 1.54) is 38.5 Å². The summed E-state index contributed by atoms with van der Waals surface area (Å²) in [6.07, 6.45) is 13.1. The number of rotatable bonds is 10. The molecule has 104 valence electrons. The SMILES string of the molecule is CCCCCCCCCC(O)c1nccn1CC. The van der Waals surface area contributed by atoms with Crippen LogP contribution in [0.25, 0.3) is 0 Å². The maximum Gasteiger partial charge on any atom is 0.137 e. The Morgan fingerprint density at radius 1 is 1.11 bits per heavy atom. The van der Waals surface area contributed by atoms with E-state index >= 15 is 0 Å². The van der Waals surface area contributed by atoms with E-state index < -0.39 is 6.10 Å². The summed E-state index contributed by atoms with van der Waals surface area (Å²) in [7, 11) is 0. The molecule has 1 atom stereocenters. The molecule has 1 rings (SSSR count). The number of nitrogens with zero attached hydrogens (tertiary/aromatic N) is 2. The van der Waals surface area contributed by atoms with E-state index in [0.29, 0.717) is 0 Å². The number of aliphatic hydroxyl groups excluding tert-OH is 1. The van der Waals surface area contributed by atoms with Crippen LogP contribution in [-0.4, -0.2) is 14.7 Å². The monoisotopic (exact) mass is 252 g/mol. The molecule has 0 fully saturated rings. The summed E-state index contributed by atoms with van der Waals surface area (Å²) in [5, 5.41) is 10.1. The number of hydrogen-bond donors (Lipinski definition) is 1. The predicted molar refractivity (Wildman–Crippen MR) is 75.5 cm³/mol. The topological polar surface area (TPSA) is 38.1 Å². The summed E-state index contributed by atoms with van der Waals surface area (Å²) in [5.74, 6) is 0.823. The van der Waals surface area contributed by atoms with Crippen LogP contribution in [0.3, 0.4) is 0 Å². The van der Waals surface area contributed by atoms with Gasteiger partial charge in [-0.3, -0.25) is 0 Å². The highest BCUT2D eigenvalue weighted by molar-refractivity contribution is 4.96. The molecule has 3 nitrogen and oxygen atoms in total. The highest BCUT2D eigenvalue weighted by Gasteiger charge is 2.12. The summed E-state index contributed by atoms with van der Waals surface area (Å²) in [6, 6.07) is 0. The van der Waals surface area contributed by atoms with Crippen molar-refractivity contribution in [3.8, 4) is 0 Å². The normalized spacial score (nSPS) is 12.8. The Kier molecular flexibility index (Phi) is 7.74. The molecular formula is C15H28N2O. The number of aryl methyl sites for hydroxylation is 1. The lowest BCUT2D eigenvalue weighted by Crippen LogP contribution is -2.07. The Hall–Kier alpha value is -0.830. The van der Waals surface area contributed by atoms with Crippen molar-refractivity contribution in [1.82, 2.24) is 9.55 Å². The van der Waals surface area contributed by atoms with Gasteiger partial charge in [-0.05, 0) is 13.3 Å². The molecule has 0 amide bonds. The summed E-state index contributed by atoms with van der Waals surface area (Å²) >= 11 is 0. The van der Waals surface area contributed by atoms with Crippen LogP contribution in [0.15, 0.2) is 12.4 Å². The lowest BCUT2D eigenvalue weighted by molar-refractivity contribution is 0.149. The van der Waals surface area contributed by atoms with Gasteiger partial charge in [0.1, 0.15) is 11.9 Å². The van der Waals surface area contributed by atoms with Gasteiger partial charge in [0.15, 0.2) is 0 Å². The third-order valence-electron chi connectivity index (χ3n) is 3.47. The number of aromatic nitrogens is 2. The van der Waals surface area contributed by atoms with Gasteiger partial charge < -0.3 is 9.67 Å². The van der Waals surface area contributed by atoms with Crippen LogP contribution >= 0.6 is 0 Å². The first kappa shape index (κ1) is 15.2. The second-order valence-electron chi connectivity index (χ2n) is 5.00. The van der Waals surface area contributed by atoms with Gasteiger partial charge in [0.2, 0.25) is 0 Å². The molecule has 0 saturated carbocycles. The third-order valence-corrected chi connectivity index (χ3v) is 3.47. The van der Waals surface area contributed by atoms with Crippen LogP contribution in [0.2, 0.25) is 0 Å². The van der Waals surface area contributed by atoms with E-state index in [0.717, 1.165) is 25.2 Å². The van der Waals surface area contributed by atoms with Gasteiger partial charge in [-0.1, -0.05) is 51.9 Å². The average molecular weight is 252 g/mol. The van der Waals surface area contributed by atoms with Crippen LogP contribution in [0, 0.1) is 0 Å². The molecule has 0 spiro atoms. The average Bonchev–Trinajstić information content (AvgIpc) is 2.85. The van der Waals surface area contributed by atoms with Crippen LogP contribution < -0.4 is 0 Å². The van der Waals surface area contributed by atoms with Crippen LogP contribution in [0.4, 0.5) is 0 Å². The van der Waals surface area contributed by atoms with Gasteiger partial charge in [-0.15, -0.1) is 0 Å². The van der Waals surface area contributed by atoms with Gasteiger partial charge in [0.25, 0.3) is 0 Å². The van der Waals surface area contributed by atoms with E-state index in [9.17, 15) is 5.11 Å². The summed E-state index contributed by atoms with van der Waals surface area (Å²) < 4.78 is 2.02. The Balaban J connectivity index is 2.12. The van der Waals surface area contributed by atoms with E-state index in [1.807, 2.05) is 10.8 Å². The van der Waals surface area contributed by atoms with Crippen molar-refractivity contribution in [2.45, 2.75) is 77.9 Å². The molecule has 1 aromatic rings. The molecule has 0 aliphatic heterocycles. The highest BCUT2D eigenvalue weighted by atomic mass is 16.3. The lowest BCUT2D eigenvalue weighted by Gasteiger charge is -2.11. The molecule has 0 aliphatic carbocycles. The number of hydrogen-bond acceptors (Lipinski definition) is 2. The Morgan fingerprint density at radius 2 is 1.78 bits per heavy atom. The Morgan fingerprint density at radius 3 is 2.44 bits per heavy atom. The van der Waals surface area contributed by atoms with Gasteiger partial charge in [0, 0.05) is 18.9 Å². The zero-order valence-electron chi connectivity index (χ0n) is 11.9. The third kappa shape index (κ3) is 5.21. The molecule has 1 heterocycles. The van der Waals surface area contributed by atoms with Crippen molar-refractivity contribution in [3.05, 3.63) is 18.2 Å². The first-order valence-electron chi connectivity index (χ1n) is 7.48. The van der Waals surface area contributed by atoms with Crippen LogP contribution in [-0.2, 0) is 6.54 Å². The van der Waals surface area contributed by atoms with Crippen LogP contribution in [0.1, 0.15) is 77.1 Å². The number of aliphatic hydroxyl groups is 1. The fourth-order valence-corrected chi connectivity index (χ4v) is 2.31. The summed E-state index contributed by atoms with van der Waals surface area (Å²) in [6.45, 7) is 5.20. The van der Waals surface area contributed by atoms with Crippen LogP contribution in [0.5, 0.6) is 0 Å². The van der Waals surface area contributed by atoms with Crippen molar-refractivity contribution >= 4 is 0 Å². The van der Waals surface area contributed by atoms with Crippen molar-refractivity contribution in [3.63, 3.8) is 0 Å². The largest absolute Gasteiger partial charge is 0.385 e. The zero-order chi connectivity index (χ0) is 13.2. The first-order valence-corrected chi connectivity index (χ1v) is 7.48.